The van der Waals surface area contributed by atoms with Crippen LogP contribution in [0.3, 0.4) is 0 Å². The van der Waals surface area contributed by atoms with Crippen LogP contribution >= 0.6 is 0 Å². The van der Waals surface area contributed by atoms with E-state index in [2.05, 4.69) is 25.8 Å². The molecule has 2 aromatic heterocycles. The minimum Gasteiger partial charge on any atom is -0.323 e. The number of pyridine rings is 1. The number of rotatable bonds is 3. The van der Waals surface area contributed by atoms with Gasteiger partial charge in [-0.15, -0.1) is 5.10 Å². The predicted octanol–water partition coefficient (Wildman–Crippen LogP) is 0.860. The first-order chi connectivity index (χ1) is 9.33. The van der Waals surface area contributed by atoms with Gasteiger partial charge in [-0.2, -0.15) is 0 Å². The number of aromatic nitrogens is 5. The van der Waals surface area contributed by atoms with Crippen molar-refractivity contribution in [1.82, 2.24) is 25.2 Å². The number of nitrogens with one attached hydrogen (secondary N) is 1. The molecule has 0 aliphatic carbocycles. The predicted molar refractivity (Wildman–Crippen MR) is 68.2 cm³/mol. The molecule has 1 amide bonds. The Hall–Kier alpha value is -2.83. The summed E-state index contributed by atoms with van der Waals surface area (Å²) in [5.74, 6) is -0.203. The number of benzene rings is 1. The fraction of sp³-hybridized carbons (Fsp3) is 0.0833. The highest BCUT2D eigenvalue weighted by atomic mass is 16.2. The van der Waals surface area contributed by atoms with Gasteiger partial charge in [0.15, 0.2) is 0 Å². The van der Waals surface area contributed by atoms with E-state index in [4.69, 9.17) is 0 Å². The number of nitrogens with zero attached hydrogens (tertiary/aromatic N) is 5. The van der Waals surface area contributed by atoms with Crippen LogP contribution in [-0.4, -0.2) is 31.1 Å². The van der Waals surface area contributed by atoms with Crippen LogP contribution < -0.4 is 5.32 Å². The molecular weight excluding hydrogens is 244 g/mol. The molecule has 0 unspecified atom stereocenters. The van der Waals surface area contributed by atoms with Crippen molar-refractivity contribution in [1.29, 1.82) is 0 Å². The molecule has 94 valence electrons. The third-order valence-electron chi connectivity index (χ3n) is 2.60. The molecule has 1 aromatic carbocycles. The Morgan fingerprint density at radius 2 is 2.16 bits per heavy atom. The molecule has 0 saturated carbocycles. The Bertz CT molecular complexity index is 704. The number of hydrogen-bond donors (Lipinski definition) is 1. The zero-order valence-electron chi connectivity index (χ0n) is 9.89. The smallest absolute Gasteiger partial charge is 0.246 e. The average molecular weight is 254 g/mol. The van der Waals surface area contributed by atoms with Crippen LogP contribution in [0.2, 0.25) is 0 Å². The summed E-state index contributed by atoms with van der Waals surface area (Å²) >= 11 is 0. The summed E-state index contributed by atoms with van der Waals surface area (Å²) in [4.78, 5) is 16.1. The Morgan fingerprint density at radius 3 is 3.00 bits per heavy atom. The van der Waals surface area contributed by atoms with E-state index in [1.165, 1.54) is 11.0 Å². The molecular formula is C12H10N6O. The van der Waals surface area contributed by atoms with Gasteiger partial charge in [0, 0.05) is 11.6 Å². The fourth-order valence-electron chi connectivity index (χ4n) is 1.79. The Labute approximate surface area is 108 Å². The molecule has 19 heavy (non-hydrogen) atoms. The zero-order chi connectivity index (χ0) is 13.1. The number of fused-ring (bicyclic) bond motifs is 1. The molecule has 2 heterocycles. The van der Waals surface area contributed by atoms with Gasteiger partial charge in [0.25, 0.3) is 0 Å². The van der Waals surface area contributed by atoms with Crippen molar-refractivity contribution >= 4 is 22.5 Å². The molecule has 7 nitrogen and oxygen atoms in total. The van der Waals surface area contributed by atoms with Crippen molar-refractivity contribution in [3.8, 4) is 0 Å². The van der Waals surface area contributed by atoms with E-state index in [1.807, 2.05) is 30.3 Å². The maximum Gasteiger partial charge on any atom is 0.246 e. The van der Waals surface area contributed by atoms with Crippen LogP contribution in [0.25, 0.3) is 10.9 Å². The topological polar surface area (TPSA) is 85.6 Å². The summed E-state index contributed by atoms with van der Waals surface area (Å²) in [7, 11) is 0. The van der Waals surface area contributed by atoms with Crippen molar-refractivity contribution in [3.63, 3.8) is 0 Å². The SMILES string of the molecule is O=C(Cn1cnnn1)Nc1cccc2cccnc12. The van der Waals surface area contributed by atoms with Crippen molar-refractivity contribution in [2.24, 2.45) is 0 Å². The summed E-state index contributed by atoms with van der Waals surface area (Å²) in [5.41, 5.74) is 1.44. The summed E-state index contributed by atoms with van der Waals surface area (Å²) in [6, 6.07) is 9.43. The minimum absolute atomic E-state index is 0.0657. The highest BCUT2D eigenvalue weighted by Crippen LogP contribution is 2.20. The number of amides is 1. The van der Waals surface area contributed by atoms with Crippen molar-refractivity contribution in [2.75, 3.05) is 5.32 Å². The highest BCUT2D eigenvalue weighted by molar-refractivity contribution is 5.99. The van der Waals surface area contributed by atoms with E-state index < -0.39 is 0 Å². The van der Waals surface area contributed by atoms with Gasteiger partial charge in [0.05, 0.1) is 11.2 Å². The van der Waals surface area contributed by atoms with Crippen molar-refractivity contribution < 1.29 is 4.79 Å². The molecule has 0 aliphatic rings. The summed E-state index contributed by atoms with van der Waals surface area (Å²) in [5, 5.41) is 14.4. The van der Waals surface area contributed by atoms with Crippen LogP contribution in [0, 0.1) is 0 Å². The second kappa shape index (κ2) is 4.81. The van der Waals surface area contributed by atoms with Crippen molar-refractivity contribution in [2.45, 2.75) is 6.54 Å². The third kappa shape index (κ3) is 2.39. The summed E-state index contributed by atoms with van der Waals surface area (Å²) < 4.78 is 1.36. The van der Waals surface area contributed by atoms with Gasteiger partial charge in [-0.3, -0.25) is 9.78 Å². The third-order valence-corrected chi connectivity index (χ3v) is 2.60. The molecule has 0 radical (unpaired) electrons. The number of carbonyl (C=O) groups excluding carboxylic acids is 1. The number of anilines is 1. The quantitative estimate of drug-likeness (QED) is 0.749. The van der Waals surface area contributed by atoms with Gasteiger partial charge in [0.1, 0.15) is 12.9 Å². The molecule has 3 aromatic rings. The van der Waals surface area contributed by atoms with Gasteiger partial charge >= 0.3 is 0 Å². The van der Waals surface area contributed by atoms with Crippen LogP contribution in [-0.2, 0) is 11.3 Å². The molecule has 0 spiro atoms. The molecule has 0 atom stereocenters. The summed E-state index contributed by atoms with van der Waals surface area (Å²) in [6.07, 6.45) is 3.08. The van der Waals surface area contributed by atoms with Gasteiger partial charge in [-0.1, -0.05) is 18.2 Å². The first kappa shape index (κ1) is 11.3. The second-order valence-electron chi connectivity index (χ2n) is 3.94. The fourth-order valence-corrected chi connectivity index (χ4v) is 1.79. The first-order valence-electron chi connectivity index (χ1n) is 5.67. The highest BCUT2D eigenvalue weighted by Gasteiger charge is 2.07. The number of tetrazole rings is 1. The Balaban J connectivity index is 1.83. The lowest BCUT2D eigenvalue weighted by Gasteiger charge is -2.07. The maximum absolute atomic E-state index is 11.9. The molecule has 7 heteroatoms. The number of hydrogen-bond acceptors (Lipinski definition) is 5. The van der Waals surface area contributed by atoms with Gasteiger partial charge in [-0.05, 0) is 22.6 Å². The van der Waals surface area contributed by atoms with Gasteiger partial charge < -0.3 is 5.32 Å². The van der Waals surface area contributed by atoms with Gasteiger partial charge in [0.2, 0.25) is 5.91 Å². The lowest BCUT2D eigenvalue weighted by molar-refractivity contribution is -0.116. The number of para-hydroxylation sites is 1. The molecule has 0 aliphatic heterocycles. The lowest BCUT2D eigenvalue weighted by atomic mass is 10.2. The van der Waals surface area contributed by atoms with E-state index in [1.54, 1.807) is 6.20 Å². The van der Waals surface area contributed by atoms with Crippen molar-refractivity contribution in [3.05, 3.63) is 42.9 Å². The first-order valence-corrected chi connectivity index (χ1v) is 5.67. The Kier molecular flexibility index (Phi) is 2.85. The average Bonchev–Trinajstić information content (AvgIpc) is 2.92. The van der Waals surface area contributed by atoms with E-state index >= 15 is 0 Å². The van der Waals surface area contributed by atoms with Crippen LogP contribution in [0.4, 0.5) is 5.69 Å². The van der Waals surface area contributed by atoms with Crippen LogP contribution in [0.5, 0.6) is 0 Å². The Morgan fingerprint density at radius 1 is 1.26 bits per heavy atom. The molecule has 0 fully saturated rings. The number of carbonyl (C=O) groups is 1. The summed E-state index contributed by atoms with van der Waals surface area (Å²) in [6.45, 7) is 0.0657. The normalized spacial score (nSPS) is 10.5. The second-order valence-corrected chi connectivity index (χ2v) is 3.94. The zero-order valence-corrected chi connectivity index (χ0v) is 9.89. The van der Waals surface area contributed by atoms with Crippen LogP contribution in [0.1, 0.15) is 0 Å². The van der Waals surface area contributed by atoms with Gasteiger partial charge in [-0.25, -0.2) is 4.68 Å². The standard InChI is InChI=1S/C12H10N6O/c19-11(7-18-8-14-16-17-18)15-10-5-1-3-9-4-2-6-13-12(9)10/h1-6,8H,7H2,(H,15,19). The maximum atomic E-state index is 11.9. The lowest BCUT2D eigenvalue weighted by Crippen LogP contribution is -2.19. The van der Waals surface area contributed by atoms with E-state index in [0.717, 1.165) is 10.9 Å². The molecule has 0 bridgehead atoms. The van der Waals surface area contributed by atoms with Crippen LogP contribution in [0.15, 0.2) is 42.9 Å². The largest absolute Gasteiger partial charge is 0.323 e. The minimum atomic E-state index is -0.203. The molecule has 0 saturated heterocycles. The van der Waals surface area contributed by atoms with E-state index in [0.29, 0.717) is 5.69 Å². The monoisotopic (exact) mass is 254 g/mol. The molecule has 1 N–H and O–H groups in total. The van der Waals surface area contributed by atoms with E-state index in [9.17, 15) is 4.79 Å². The molecule has 3 rings (SSSR count). The van der Waals surface area contributed by atoms with E-state index in [-0.39, 0.29) is 12.5 Å².